The SMILES string of the molecule is CNC(=O)OCCN(CCOC(=O)NC)C(=O)N1c2ccccc2Sc2ccccc21. The number of carbonyl (C=O) groups excluding carboxylic acids is 3. The van der Waals surface area contributed by atoms with Gasteiger partial charge < -0.3 is 25.0 Å². The van der Waals surface area contributed by atoms with Gasteiger partial charge in [-0.05, 0) is 24.3 Å². The number of nitrogens with zero attached hydrogens (tertiary/aromatic N) is 2. The molecule has 1 aliphatic heterocycles. The summed E-state index contributed by atoms with van der Waals surface area (Å²) in [4.78, 5) is 41.5. The molecule has 3 rings (SSSR count). The Hall–Kier alpha value is -3.40. The molecule has 4 amide bonds. The number of benzene rings is 2. The Morgan fingerprint density at radius 1 is 0.839 bits per heavy atom. The maximum atomic E-state index is 13.6. The number of hydrogen-bond acceptors (Lipinski definition) is 6. The first-order valence-electron chi connectivity index (χ1n) is 9.69. The number of fused-ring (bicyclic) bond motifs is 2. The summed E-state index contributed by atoms with van der Waals surface area (Å²) >= 11 is 1.60. The molecule has 0 atom stereocenters. The third kappa shape index (κ3) is 5.40. The maximum Gasteiger partial charge on any atom is 0.406 e. The molecule has 31 heavy (non-hydrogen) atoms. The Balaban J connectivity index is 1.85. The highest BCUT2D eigenvalue weighted by Crippen LogP contribution is 2.48. The number of rotatable bonds is 6. The number of hydrogen-bond donors (Lipinski definition) is 2. The number of alkyl carbamates (subject to hydrolysis) is 2. The molecule has 0 aromatic heterocycles. The van der Waals surface area contributed by atoms with Crippen LogP contribution in [0, 0.1) is 0 Å². The van der Waals surface area contributed by atoms with Gasteiger partial charge in [-0.3, -0.25) is 4.90 Å². The third-order valence-corrected chi connectivity index (χ3v) is 5.62. The van der Waals surface area contributed by atoms with Crippen LogP contribution in [0.25, 0.3) is 0 Å². The van der Waals surface area contributed by atoms with Crippen LogP contribution in [0.3, 0.4) is 0 Å². The molecule has 2 N–H and O–H groups in total. The predicted molar refractivity (Wildman–Crippen MR) is 117 cm³/mol. The van der Waals surface area contributed by atoms with Crippen LogP contribution in [0.4, 0.5) is 25.8 Å². The first-order valence-corrected chi connectivity index (χ1v) is 10.5. The number of carbonyl (C=O) groups is 3. The van der Waals surface area contributed by atoms with Gasteiger partial charge in [-0.2, -0.15) is 0 Å². The average Bonchev–Trinajstić information content (AvgIpc) is 2.80. The lowest BCUT2D eigenvalue weighted by atomic mass is 10.2. The van der Waals surface area contributed by atoms with Crippen molar-refractivity contribution in [3.05, 3.63) is 48.5 Å². The summed E-state index contributed by atoms with van der Waals surface area (Å²) in [6.07, 6.45) is -1.17. The number of para-hydroxylation sites is 2. The Morgan fingerprint density at radius 2 is 1.29 bits per heavy atom. The first-order chi connectivity index (χ1) is 15.0. The number of urea groups is 1. The summed E-state index contributed by atoms with van der Waals surface area (Å²) in [7, 11) is 2.92. The summed E-state index contributed by atoms with van der Waals surface area (Å²) in [5, 5.41) is 4.74. The summed E-state index contributed by atoms with van der Waals surface area (Å²) in [5.41, 5.74) is 1.53. The van der Waals surface area contributed by atoms with Crippen molar-refractivity contribution in [1.82, 2.24) is 15.5 Å². The van der Waals surface area contributed by atoms with E-state index in [1.165, 1.54) is 19.0 Å². The van der Waals surface area contributed by atoms with E-state index in [2.05, 4.69) is 10.6 Å². The quantitative estimate of drug-likeness (QED) is 0.708. The van der Waals surface area contributed by atoms with Crippen molar-refractivity contribution in [1.29, 1.82) is 0 Å². The summed E-state index contributed by atoms with van der Waals surface area (Å²) in [6.45, 7) is 0.267. The Morgan fingerprint density at radius 3 is 1.74 bits per heavy atom. The zero-order chi connectivity index (χ0) is 22.2. The molecule has 0 unspecified atom stereocenters. The zero-order valence-corrected chi connectivity index (χ0v) is 18.1. The van der Waals surface area contributed by atoms with Crippen molar-refractivity contribution in [3.63, 3.8) is 0 Å². The highest BCUT2D eigenvalue weighted by molar-refractivity contribution is 7.99. The second-order valence-corrected chi connectivity index (χ2v) is 7.50. The number of anilines is 2. The summed E-state index contributed by atoms with van der Waals surface area (Å²) in [6, 6.07) is 15.0. The molecule has 9 nitrogen and oxygen atoms in total. The van der Waals surface area contributed by atoms with Gasteiger partial charge in [0.05, 0.1) is 24.5 Å². The molecule has 2 aromatic rings. The number of ether oxygens (including phenoxy) is 2. The lowest BCUT2D eigenvalue weighted by Gasteiger charge is -2.35. The molecule has 0 bridgehead atoms. The van der Waals surface area contributed by atoms with Gasteiger partial charge in [0.2, 0.25) is 0 Å². The zero-order valence-electron chi connectivity index (χ0n) is 17.3. The van der Waals surface area contributed by atoms with E-state index in [4.69, 9.17) is 9.47 Å². The molecule has 10 heteroatoms. The van der Waals surface area contributed by atoms with Crippen molar-refractivity contribution in [2.24, 2.45) is 0 Å². The van der Waals surface area contributed by atoms with Crippen LogP contribution in [0.1, 0.15) is 0 Å². The Bertz CT molecular complexity index is 887. The van der Waals surface area contributed by atoms with Crippen molar-refractivity contribution < 1.29 is 23.9 Å². The molecule has 0 radical (unpaired) electrons. The molecule has 0 saturated heterocycles. The predicted octanol–water partition coefficient (Wildman–Crippen LogP) is 3.42. The van der Waals surface area contributed by atoms with Crippen LogP contribution in [-0.4, -0.2) is 63.5 Å². The second-order valence-electron chi connectivity index (χ2n) is 6.41. The van der Waals surface area contributed by atoms with E-state index < -0.39 is 12.2 Å². The van der Waals surface area contributed by atoms with E-state index in [-0.39, 0.29) is 32.3 Å². The average molecular weight is 445 g/mol. The topological polar surface area (TPSA) is 100 Å². The Labute approximate surface area is 184 Å². The minimum atomic E-state index is -0.584. The molecular formula is C21H24N4O5S. The molecule has 0 fully saturated rings. The molecule has 164 valence electrons. The van der Waals surface area contributed by atoms with Crippen LogP contribution in [0.5, 0.6) is 0 Å². The minimum absolute atomic E-state index is 0.00271. The van der Waals surface area contributed by atoms with E-state index >= 15 is 0 Å². The lowest BCUT2D eigenvalue weighted by molar-refractivity contribution is 0.116. The molecule has 0 aliphatic carbocycles. The van der Waals surface area contributed by atoms with Gasteiger partial charge in [0.15, 0.2) is 0 Å². The molecule has 1 aliphatic rings. The standard InChI is InChI=1S/C21H24N4O5S/c1-22-19(26)29-13-11-24(12-14-30-20(27)23-2)21(28)25-15-7-3-5-9-17(15)31-18-10-6-4-8-16(18)25/h3-10H,11-14H2,1-2H3,(H,22,26)(H,23,27). The summed E-state index contributed by atoms with van der Waals surface area (Å²) < 4.78 is 10.1. The molecule has 0 saturated carbocycles. The van der Waals surface area contributed by atoms with Gasteiger partial charge in [0.1, 0.15) is 13.2 Å². The first kappa shape index (κ1) is 22.3. The van der Waals surface area contributed by atoms with Crippen LogP contribution in [-0.2, 0) is 9.47 Å². The number of nitrogens with one attached hydrogen (secondary N) is 2. The third-order valence-electron chi connectivity index (χ3n) is 4.49. The van der Waals surface area contributed by atoms with E-state index in [1.807, 2.05) is 48.5 Å². The highest BCUT2D eigenvalue weighted by atomic mass is 32.2. The van der Waals surface area contributed by atoms with Crippen molar-refractivity contribution in [2.75, 3.05) is 45.3 Å². The van der Waals surface area contributed by atoms with E-state index in [0.717, 1.165) is 21.2 Å². The van der Waals surface area contributed by atoms with Gasteiger partial charge >= 0.3 is 18.2 Å². The fourth-order valence-corrected chi connectivity index (χ4v) is 4.05. The molecular weight excluding hydrogens is 420 g/mol. The van der Waals surface area contributed by atoms with Crippen LogP contribution < -0.4 is 15.5 Å². The smallest absolute Gasteiger partial charge is 0.406 e. The van der Waals surface area contributed by atoms with Crippen LogP contribution >= 0.6 is 11.8 Å². The van der Waals surface area contributed by atoms with Crippen molar-refractivity contribution >= 4 is 41.4 Å². The van der Waals surface area contributed by atoms with Gasteiger partial charge in [-0.25, -0.2) is 14.4 Å². The molecule has 1 heterocycles. The van der Waals surface area contributed by atoms with Crippen LogP contribution in [0.2, 0.25) is 0 Å². The fraction of sp³-hybridized carbons (Fsp3) is 0.286. The number of amides is 4. The minimum Gasteiger partial charge on any atom is -0.448 e. The lowest BCUT2D eigenvalue weighted by Crippen LogP contribution is -2.45. The van der Waals surface area contributed by atoms with E-state index in [1.54, 1.807) is 16.7 Å². The van der Waals surface area contributed by atoms with Crippen molar-refractivity contribution in [2.45, 2.75) is 9.79 Å². The van der Waals surface area contributed by atoms with Gasteiger partial charge in [-0.1, -0.05) is 36.0 Å². The summed E-state index contributed by atoms with van der Waals surface area (Å²) in [5.74, 6) is 0. The highest BCUT2D eigenvalue weighted by Gasteiger charge is 2.31. The van der Waals surface area contributed by atoms with E-state index in [0.29, 0.717) is 0 Å². The van der Waals surface area contributed by atoms with E-state index in [9.17, 15) is 14.4 Å². The fourth-order valence-electron chi connectivity index (χ4n) is 3.00. The molecule has 2 aromatic carbocycles. The van der Waals surface area contributed by atoms with Crippen LogP contribution in [0.15, 0.2) is 58.3 Å². The maximum absolute atomic E-state index is 13.6. The second kappa shape index (κ2) is 10.6. The van der Waals surface area contributed by atoms with Gasteiger partial charge in [-0.15, -0.1) is 0 Å². The monoisotopic (exact) mass is 444 g/mol. The van der Waals surface area contributed by atoms with Crippen molar-refractivity contribution in [3.8, 4) is 0 Å². The molecule has 0 spiro atoms. The largest absolute Gasteiger partial charge is 0.448 e. The Kier molecular flexibility index (Phi) is 7.60. The van der Waals surface area contributed by atoms with Gasteiger partial charge in [0.25, 0.3) is 0 Å². The van der Waals surface area contributed by atoms with Gasteiger partial charge in [0, 0.05) is 23.9 Å². The normalized spacial score (nSPS) is 11.6.